The molecule has 1 heterocycles. The van der Waals surface area contributed by atoms with Crippen LogP contribution in [0.1, 0.15) is 12.0 Å². The van der Waals surface area contributed by atoms with Crippen LogP contribution in [0.5, 0.6) is 11.5 Å². The minimum absolute atomic E-state index is 0.0937. The van der Waals surface area contributed by atoms with Gasteiger partial charge >= 0.3 is 5.97 Å². The average molecular weight is 277 g/mol. The van der Waals surface area contributed by atoms with Gasteiger partial charge < -0.3 is 19.9 Å². The van der Waals surface area contributed by atoms with E-state index in [-0.39, 0.29) is 25.5 Å². The minimum atomic E-state index is -0.950. The summed E-state index contributed by atoms with van der Waals surface area (Å²) in [6, 6.07) is 5.34. The fourth-order valence-corrected chi connectivity index (χ4v) is 1.81. The third-order valence-corrected chi connectivity index (χ3v) is 2.85. The number of aliphatic carboxylic acids is 1. The highest BCUT2D eigenvalue weighted by Crippen LogP contribution is 2.29. The molecule has 106 valence electrons. The molecule has 0 atom stereocenters. The number of hydrogen-bond acceptors (Lipinski definition) is 4. The van der Waals surface area contributed by atoms with E-state index in [1.54, 1.807) is 31.4 Å². The van der Waals surface area contributed by atoms with Gasteiger partial charge in [-0.15, -0.1) is 0 Å². The van der Waals surface area contributed by atoms with Crippen LogP contribution in [0.2, 0.25) is 0 Å². The fourth-order valence-electron chi connectivity index (χ4n) is 1.81. The summed E-state index contributed by atoms with van der Waals surface area (Å²) in [4.78, 5) is 22.2. The van der Waals surface area contributed by atoms with Crippen LogP contribution in [0.3, 0.4) is 0 Å². The first-order valence-corrected chi connectivity index (χ1v) is 6.11. The monoisotopic (exact) mass is 277 g/mol. The summed E-state index contributed by atoms with van der Waals surface area (Å²) < 4.78 is 10.6. The van der Waals surface area contributed by atoms with Crippen molar-refractivity contribution in [2.24, 2.45) is 0 Å². The molecule has 0 aliphatic carbocycles. The highest BCUT2D eigenvalue weighted by molar-refractivity contribution is 5.99. The van der Waals surface area contributed by atoms with Gasteiger partial charge in [0.25, 0.3) is 5.91 Å². The molecule has 0 fully saturated rings. The fraction of sp³-hybridized carbons (Fsp3) is 0.286. The molecule has 1 aromatic rings. The normalized spacial score (nSPS) is 12.8. The largest absolute Gasteiger partial charge is 0.497 e. The van der Waals surface area contributed by atoms with Gasteiger partial charge in [0.15, 0.2) is 0 Å². The Morgan fingerprint density at radius 3 is 2.95 bits per heavy atom. The van der Waals surface area contributed by atoms with Gasteiger partial charge in [0, 0.05) is 12.1 Å². The van der Waals surface area contributed by atoms with Gasteiger partial charge in [0.05, 0.1) is 19.1 Å². The lowest BCUT2D eigenvalue weighted by atomic mass is 10.1. The van der Waals surface area contributed by atoms with Crippen molar-refractivity contribution in [1.82, 2.24) is 5.32 Å². The second kappa shape index (κ2) is 6.10. The molecule has 1 amide bonds. The van der Waals surface area contributed by atoms with Crippen molar-refractivity contribution >= 4 is 18.0 Å². The highest BCUT2D eigenvalue weighted by Gasteiger charge is 2.17. The van der Waals surface area contributed by atoms with Crippen molar-refractivity contribution in [1.29, 1.82) is 0 Å². The summed E-state index contributed by atoms with van der Waals surface area (Å²) in [5, 5.41) is 11.1. The number of methoxy groups -OCH3 is 1. The molecule has 2 N–H and O–H groups in total. The molecule has 0 bridgehead atoms. The number of fused-ring (bicyclic) bond motifs is 1. The number of amides is 1. The van der Waals surface area contributed by atoms with Crippen LogP contribution in [0.25, 0.3) is 6.08 Å². The Morgan fingerprint density at radius 1 is 1.45 bits per heavy atom. The van der Waals surface area contributed by atoms with Gasteiger partial charge in [-0.25, -0.2) is 0 Å². The van der Waals surface area contributed by atoms with Crippen molar-refractivity contribution in [3.05, 3.63) is 29.3 Å². The maximum absolute atomic E-state index is 11.9. The van der Waals surface area contributed by atoms with E-state index in [0.29, 0.717) is 17.1 Å². The molecular weight excluding hydrogens is 262 g/mol. The third-order valence-electron chi connectivity index (χ3n) is 2.85. The Kier molecular flexibility index (Phi) is 4.24. The maximum Gasteiger partial charge on any atom is 0.305 e. The standard InChI is InChI=1S/C14H15NO5/c1-19-11-2-3-12-9(7-11)6-10(8-20-12)14(18)15-5-4-13(16)17/h2-3,6-7H,4-5,8H2,1H3,(H,15,18)(H,16,17). The Hall–Kier alpha value is -2.50. The first-order chi connectivity index (χ1) is 9.60. The molecule has 20 heavy (non-hydrogen) atoms. The molecule has 0 radical (unpaired) electrons. The predicted molar refractivity (Wildman–Crippen MR) is 71.7 cm³/mol. The van der Waals surface area contributed by atoms with E-state index in [1.165, 1.54) is 0 Å². The maximum atomic E-state index is 11.9. The number of carbonyl (C=O) groups is 2. The van der Waals surface area contributed by atoms with Gasteiger partial charge in [0.2, 0.25) is 0 Å². The number of nitrogens with one attached hydrogen (secondary N) is 1. The molecule has 2 rings (SSSR count). The molecule has 6 heteroatoms. The third kappa shape index (κ3) is 3.28. The number of carboxylic acids is 1. The van der Waals surface area contributed by atoms with Gasteiger partial charge in [-0.3, -0.25) is 9.59 Å². The van der Waals surface area contributed by atoms with E-state index in [9.17, 15) is 9.59 Å². The summed E-state index contributed by atoms with van der Waals surface area (Å²) in [5.41, 5.74) is 1.22. The Balaban J connectivity index is 2.07. The van der Waals surface area contributed by atoms with Crippen molar-refractivity contribution in [3.8, 4) is 11.5 Å². The lowest BCUT2D eigenvalue weighted by Crippen LogP contribution is -2.30. The second-order valence-electron chi connectivity index (χ2n) is 4.26. The van der Waals surface area contributed by atoms with Crippen molar-refractivity contribution < 1.29 is 24.2 Å². The van der Waals surface area contributed by atoms with Crippen LogP contribution in [0.4, 0.5) is 0 Å². The smallest absolute Gasteiger partial charge is 0.305 e. The number of benzene rings is 1. The molecule has 0 unspecified atom stereocenters. The van der Waals surface area contributed by atoms with Crippen molar-refractivity contribution in [2.45, 2.75) is 6.42 Å². The van der Waals surface area contributed by atoms with Crippen LogP contribution in [-0.4, -0.2) is 37.2 Å². The van der Waals surface area contributed by atoms with Crippen LogP contribution in [0, 0.1) is 0 Å². The summed E-state index contributed by atoms with van der Waals surface area (Å²) in [5.74, 6) is 0.0954. The van der Waals surface area contributed by atoms with Crippen LogP contribution in [-0.2, 0) is 9.59 Å². The Labute approximate surface area is 116 Å². The first-order valence-electron chi connectivity index (χ1n) is 6.11. The molecule has 1 aliphatic heterocycles. The lowest BCUT2D eigenvalue weighted by molar-refractivity contribution is -0.136. The molecule has 6 nitrogen and oxygen atoms in total. The topological polar surface area (TPSA) is 84.9 Å². The highest BCUT2D eigenvalue weighted by atomic mass is 16.5. The second-order valence-corrected chi connectivity index (χ2v) is 4.26. The predicted octanol–water partition coefficient (Wildman–Crippen LogP) is 1.06. The number of carbonyl (C=O) groups excluding carboxylic acids is 1. The minimum Gasteiger partial charge on any atom is -0.497 e. The molecule has 0 aromatic heterocycles. The zero-order valence-corrected chi connectivity index (χ0v) is 11.0. The number of hydrogen-bond donors (Lipinski definition) is 2. The van der Waals surface area contributed by atoms with Crippen LogP contribution in [0.15, 0.2) is 23.8 Å². The number of rotatable bonds is 5. The van der Waals surface area contributed by atoms with Gasteiger partial charge in [0.1, 0.15) is 18.1 Å². The molecular formula is C14H15NO5. The Morgan fingerprint density at radius 2 is 2.25 bits per heavy atom. The van der Waals surface area contributed by atoms with Crippen molar-refractivity contribution in [2.75, 3.05) is 20.3 Å². The van der Waals surface area contributed by atoms with Gasteiger partial charge in [-0.05, 0) is 24.3 Å². The summed E-state index contributed by atoms with van der Waals surface area (Å²) in [7, 11) is 1.56. The van der Waals surface area contributed by atoms with Gasteiger partial charge in [-0.1, -0.05) is 0 Å². The van der Waals surface area contributed by atoms with Crippen LogP contribution < -0.4 is 14.8 Å². The molecule has 1 aliphatic rings. The SMILES string of the molecule is COc1ccc2c(c1)C=C(C(=O)NCCC(=O)O)CO2. The summed E-state index contributed by atoms with van der Waals surface area (Å²) >= 11 is 0. The quantitative estimate of drug-likeness (QED) is 0.840. The number of carboxylic acid groups (broad SMARTS) is 1. The first kappa shape index (κ1) is 13.9. The van der Waals surface area contributed by atoms with E-state index in [0.717, 1.165) is 5.56 Å². The van der Waals surface area contributed by atoms with E-state index >= 15 is 0 Å². The zero-order valence-electron chi connectivity index (χ0n) is 11.0. The molecule has 1 aromatic carbocycles. The van der Waals surface area contributed by atoms with Gasteiger partial charge in [-0.2, -0.15) is 0 Å². The van der Waals surface area contributed by atoms with E-state index in [2.05, 4.69) is 5.32 Å². The van der Waals surface area contributed by atoms with E-state index < -0.39 is 5.97 Å². The molecule has 0 spiro atoms. The Bertz CT molecular complexity index is 565. The molecule has 0 saturated carbocycles. The van der Waals surface area contributed by atoms with Crippen LogP contribution >= 0.6 is 0 Å². The van der Waals surface area contributed by atoms with E-state index in [1.807, 2.05) is 0 Å². The average Bonchev–Trinajstić information content (AvgIpc) is 2.45. The van der Waals surface area contributed by atoms with E-state index in [4.69, 9.17) is 14.6 Å². The zero-order chi connectivity index (χ0) is 14.5. The lowest BCUT2D eigenvalue weighted by Gasteiger charge is -2.18. The molecule has 0 saturated heterocycles. The summed E-state index contributed by atoms with van der Waals surface area (Å²) in [6.45, 7) is 0.259. The van der Waals surface area contributed by atoms with Crippen molar-refractivity contribution in [3.63, 3.8) is 0 Å². The number of ether oxygens (including phenoxy) is 2. The summed E-state index contributed by atoms with van der Waals surface area (Å²) in [6.07, 6.45) is 1.61.